The third kappa shape index (κ3) is 4.91. The zero-order chi connectivity index (χ0) is 30.4. The van der Waals surface area contributed by atoms with Crippen LogP contribution >= 0.6 is 0 Å². The van der Waals surface area contributed by atoms with E-state index in [0.29, 0.717) is 22.2 Å². The molecule has 4 aliphatic carbocycles. The minimum Gasteiger partial charge on any atom is -0.330 e. The fourth-order valence-corrected chi connectivity index (χ4v) is 13.1. The predicted octanol–water partition coefficient (Wildman–Crippen LogP) is 8.17. The van der Waals surface area contributed by atoms with Crippen molar-refractivity contribution in [1.29, 1.82) is 0 Å². The van der Waals surface area contributed by atoms with Gasteiger partial charge in [0.05, 0.1) is 0 Å². The molecular formula is C38H68N4. The lowest BCUT2D eigenvalue weighted by Crippen LogP contribution is -2.68. The Hall–Kier alpha value is -0.710. The van der Waals surface area contributed by atoms with Crippen LogP contribution in [0.25, 0.3) is 0 Å². The molecule has 0 unspecified atom stereocenters. The Morgan fingerprint density at radius 1 is 0.857 bits per heavy atom. The first-order valence-corrected chi connectivity index (χ1v) is 18.1. The monoisotopic (exact) mass is 581 g/mol. The molecule has 240 valence electrons. The molecule has 0 aromatic rings. The highest BCUT2D eigenvalue weighted by atomic mass is 15.0. The van der Waals surface area contributed by atoms with Crippen molar-refractivity contribution in [3.05, 3.63) is 12.2 Å². The first kappa shape index (κ1) is 32.7. The fourth-order valence-electron chi connectivity index (χ4n) is 13.1. The van der Waals surface area contributed by atoms with E-state index >= 15 is 0 Å². The number of rotatable bonds is 10. The van der Waals surface area contributed by atoms with Crippen molar-refractivity contribution in [3.8, 4) is 0 Å². The maximum absolute atomic E-state index is 5.64. The summed E-state index contributed by atoms with van der Waals surface area (Å²) in [6.07, 6.45) is 19.6. The summed E-state index contributed by atoms with van der Waals surface area (Å²) >= 11 is 0. The van der Waals surface area contributed by atoms with Crippen molar-refractivity contribution in [3.63, 3.8) is 0 Å². The lowest BCUT2D eigenvalue weighted by molar-refractivity contribution is -0.237. The van der Waals surface area contributed by atoms with Gasteiger partial charge in [-0.15, -0.1) is 0 Å². The van der Waals surface area contributed by atoms with Crippen LogP contribution < -0.4 is 16.4 Å². The Kier molecular flexibility index (Phi) is 9.26. The number of nitrogens with two attached hydrogens (primary N) is 1. The van der Waals surface area contributed by atoms with Gasteiger partial charge in [0.25, 0.3) is 0 Å². The SMILES string of the molecule is C=C(C)[C@@H]1CC[C@]2(C=NCCCNCCCCN)CC[C@]3(C)[C@H](CC[C@@H]4[C@@]5(C)CCCNC(C)(C)[C@@H]5CC[C@]43C)[C@@]12C. The van der Waals surface area contributed by atoms with Crippen LogP contribution in [-0.4, -0.2) is 44.5 Å². The molecule has 0 bridgehead atoms. The third-order valence-electron chi connectivity index (χ3n) is 15.3. The molecule has 5 aliphatic rings. The molecule has 4 saturated carbocycles. The lowest BCUT2D eigenvalue weighted by Gasteiger charge is -2.73. The molecule has 1 heterocycles. The second-order valence-corrected chi connectivity index (χ2v) is 17.4. The zero-order valence-electron chi connectivity index (χ0n) is 28.8. The van der Waals surface area contributed by atoms with Crippen LogP contribution in [0.3, 0.4) is 0 Å². The van der Waals surface area contributed by atoms with Crippen molar-refractivity contribution >= 4 is 6.21 Å². The van der Waals surface area contributed by atoms with Crippen molar-refractivity contribution in [2.75, 3.05) is 32.7 Å². The van der Waals surface area contributed by atoms with Crippen LogP contribution in [0.15, 0.2) is 17.1 Å². The Labute approximate surface area is 260 Å². The van der Waals surface area contributed by atoms with Gasteiger partial charge in [-0.1, -0.05) is 39.8 Å². The summed E-state index contributed by atoms with van der Waals surface area (Å²) in [6, 6.07) is 0. The number of aliphatic imine (C=N–C) groups is 1. The zero-order valence-corrected chi connectivity index (χ0v) is 28.8. The van der Waals surface area contributed by atoms with E-state index in [2.05, 4.69) is 71.9 Å². The molecule has 9 atom stereocenters. The smallest absolute Gasteiger partial charge is 0.0397 e. The molecule has 1 aliphatic heterocycles. The van der Waals surface area contributed by atoms with Gasteiger partial charge in [0.1, 0.15) is 0 Å². The number of unbranched alkanes of at least 4 members (excludes halogenated alkanes) is 1. The Balaban J connectivity index is 1.41. The van der Waals surface area contributed by atoms with E-state index in [0.717, 1.165) is 56.8 Å². The third-order valence-corrected chi connectivity index (χ3v) is 15.3. The maximum Gasteiger partial charge on any atom is 0.0397 e. The predicted molar refractivity (Wildman–Crippen MR) is 181 cm³/mol. The average Bonchev–Trinajstić information content (AvgIpc) is 3.17. The van der Waals surface area contributed by atoms with E-state index in [1.54, 1.807) is 0 Å². The van der Waals surface area contributed by atoms with E-state index in [1.807, 2.05) is 0 Å². The number of fused-ring (bicyclic) bond motifs is 7. The van der Waals surface area contributed by atoms with Gasteiger partial charge in [0.15, 0.2) is 0 Å². The second-order valence-electron chi connectivity index (χ2n) is 17.4. The summed E-state index contributed by atoms with van der Waals surface area (Å²) in [5.74, 6) is 2.97. The normalized spacial score (nSPS) is 46.4. The molecule has 0 aromatic carbocycles. The van der Waals surface area contributed by atoms with Crippen molar-refractivity contribution in [2.24, 2.45) is 61.5 Å². The summed E-state index contributed by atoms with van der Waals surface area (Å²) in [7, 11) is 0. The number of hydrogen-bond donors (Lipinski definition) is 3. The van der Waals surface area contributed by atoms with E-state index in [9.17, 15) is 0 Å². The van der Waals surface area contributed by atoms with E-state index in [4.69, 9.17) is 10.7 Å². The molecule has 4 N–H and O–H groups in total. The van der Waals surface area contributed by atoms with Gasteiger partial charge in [-0.3, -0.25) is 4.99 Å². The van der Waals surface area contributed by atoms with Crippen LogP contribution in [0.4, 0.5) is 0 Å². The first-order chi connectivity index (χ1) is 19.8. The number of hydrogen-bond acceptors (Lipinski definition) is 4. The highest BCUT2D eigenvalue weighted by Gasteiger charge is 2.73. The summed E-state index contributed by atoms with van der Waals surface area (Å²) in [6.45, 7) is 28.1. The van der Waals surface area contributed by atoms with Gasteiger partial charge in [-0.05, 0) is 176 Å². The molecule has 0 radical (unpaired) electrons. The highest BCUT2D eigenvalue weighted by molar-refractivity contribution is 5.69. The van der Waals surface area contributed by atoms with Gasteiger partial charge >= 0.3 is 0 Å². The minimum absolute atomic E-state index is 0.230. The second kappa shape index (κ2) is 11.9. The summed E-state index contributed by atoms with van der Waals surface area (Å²) in [5, 5.41) is 7.58. The first-order valence-electron chi connectivity index (χ1n) is 18.1. The number of nitrogens with one attached hydrogen (secondary N) is 2. The van der Waals surface area contributed by atoms with Gasteiger partial charge in [-0.25, -0.2) is 0 Å². The molecule has 5 fully saturated rings. The van der Waals surface area contributed by atoms with Gasteiger partial charge in [0.2, 0.25) is 0 Å². The number of allylic oxidation sites excluding steroid dienone is 1. The summed E-state index contributed by atoms with van der Waals surface area (Å²) in [4.78, 5) is 5.23. The van der Waals surface area contributed by atoms with E-state index < -0.39 is 0 Å². The lowest BCUT2D eigenvalue weighted by atomic mass is 9.31. The molecule has 0 aromatic heterocycles. The summed E-state index contributed by atoms with van der Waals surface area (Å²) < 4.78 is 0. The molecule has 0 spiro atoms. The largest absolute Gasteiger partial charge is 0.330 e. The van der Waals surface area contributed by atoms with E-state index in [1.165, 1.54) is 82.7 Å². The van der Waals surface area contributed by atoms with Crippen molar-refractivity contribution < 1.29 is 0 Å². The van der Waals surface area contributed by atoms with Crippen molar-refractivity contribution in [2.45, 2.75) is 137 Å². The fraction of sp³-hybridized carbons (Fsp3) is 0.921. The van der Waals surface area contributed by atoms with Crippen LogP contribution in [0, 0.1) is 50.7 Å². The molecular weight excluding hydrogens is 512 g/mol. The summed E-state index contributed by atoms with van der Waals surface area (Å²) in [5.41, 5.74) is 9.02. The van der Waals surface area contributed by atoms with Crippen LogP contribution in [0.1, 0.15) is 132 Å². The molecule has 5 rings (SSSR count). The van der Waals surface area contributed by atoms with Gasteiger partial charge in [0, 0.05) is 23.7 Å². The maximum atomic E-state index is 5.64. The molecule has 4 heteroatoms. The molecule has 1 saturated heterocycles. The van der Waals surface area contributed by atoms with Crippen molar-refractivity contribution in [1.82, 2.24) is 10.6 Å². The quantitative estimate of drug-likeness (QED) is 0.139. The Morgan fingerprint density at radius 2 is 1.57 bits per heavy atom. The topological polar surface area (TPSA) is 62.4 Å². The molecule has 42 heavy (non-hydrogen) atoms. The highest BCUT2D eigenvalue weighted by Crippen LogP contribution is 2.79. The van der Waals surface area contributed by atoms with Crippen LogP contribution in [0.5, 0.6) is 0 Å². The average molecular weight is 581 g/mol. The Bertz CT molecular complexity index is 1000. The van der Waals surface area contributed by atoms with Gasteiger partial charge in [-0.2, -0.15) is 0 Å². The Morgan fingerprint density at radius 3 is 2.31 bits per heavy atom. The molecule has 4 nitrogen and oxygen atoms in total. The van der Waals surface area contributed by atoms with Crippen LogP contribution in [-0.2, 0) is 0 Å². The number of nitrogens with zero attached hydrogens (tertiary/aromatic N) is 1. The standard InChI is InChI=1S/C38H68N4/c1-28(2)29-15-19-38(27-41-25-12-24-40-23-10-9-22-39)21-20-36(7)32(37(29,38)8)14-13-31-34(5)17-11-26-42-33(3,4)30(34)16-18-35(31,36)6/h27,29-32,40,42H,1,9-26,39H2,2-8H3/t29-,30-,31+,32-,34-,35+,36+,37+,38+/m0/s1. The van der Waals surface area contributed by atoms with E-state index in [-0.39, 0.29) is 16.4 Å². The van der Waals surface area contributed by atoms with Gasteiger partial charge < -0.3 is 16.4 Å². The minimum atomic E-state index is 0.230. The molecule has 0 amide bonds. The van der Waals surface area contributed by atoms with Crippen LogP contribution in [0.2, 0.25) is 0 Å².